The van der Waals surface area contributed by atoms with Crippen LogP contribution in [0.1, 0.15) is 19.4 Å². The molecule has 0 saturated heterocycles. The van der Waals surface area contributed by atoms with E-state index >= 15 is 0 Å². The monoisotopic (exact) mass is 320 g/mol. The summed E-state index contributed by atoms with van der Waals surface area (Å²) in [6.45, 7) is 5.06. The number of nitro groups is 1. The van der Waals surface area contributed by atoms with E-state index in [1.54, 1.807) is 13.8 Å². The van der Waals surface area contributed by atoms with Gasteiger partial charge in [-0.05, 0) is 32.4 Å². The minimum Gasteiger partial charge on any atom is -0.377 e. The molecule has 1 aromatic rings. The second-order valence-corrected chi connectivity index (χ2v) is 6.41. The summed E-state index contributed by atoms with van der Waals surface area (Å²) >= 11 is 0. The Kier molecular flexibility index (Phi) is 5.76. The molecule has 0 amide bonds. The van der Waals surface area contributed by atoms with Crippen LogP contribution in [0.15, 0.2) is 17.0 Å². The number of aryl methyl sites for hydroxylation is 1. The molecule has 0 atom stereocenters. The molecule has 0 unspecified atom stereocenters. The molecule has 1 aromatic carbocycles. The van der Waals surface area contributed by atoms with Crippen molar-refractivity contribution in [1.82, 2.24) is 4.72 Å². The lowest BCUT2D eigenvalue weighted by atomic mass is 10.2. The van der Waals surface area contributed by atoms with Gasteiger partial charge in [-0.1, -0.05) is 0 Å². The third kappa shape index (κ3) is 4.73. The van der Waals surface area contributed by atoms with E-state index < -0.39 is 26.5 Å². The van der Waals surface area contributed by atoms with Crippen molar-refractivity contribution in [2.75, 3.05) is 13.2 Å². The van der Waals surface area contributed by atoms with Gasteiger partial charge in [0.25, 0.3) is 0 Å². The molecule has 0 heterocycles. The maximum absolute atomic E-state index is 13.5. The zero-order valence-corrected chi connectivity index (χ0v) is 12.7. The fourth-order valence-electron chi connectivity index (χ4n) is 1.56. The van der Waals surface area contributed by atoms with Crippen molar-refractivity contribution in [3.05, 3.63) is 33.6 Å². The zero-order valence-electron chi connectivity index (χ0n) is 11.9. The SMILES string of the molecule is Cc1cc(S(=O)(=O)NCCOC(C)C)cc([N+](=O)[O-])c1F. The van der Waals surface area contributed by atoms with Gasteiger partial charge in [0.05, 0.1) is 22.5 Å². The van der Waals surface area contributed by atoms with Crippen molar-refractivity contribution in [3.8, 4) is 0 Å². The molecule has 21 heavy (non-hydrogen) atoms. The van der Waals surface area contributed by atoms with Crippen molar-refractivity contribution in [1.29, 1.82) is 0 Å². The van der Waals surface area contributed by atoms with E-state index in [0.717, 1.165) is 6.07 Å². The van der Waals surface area contributed by atoms with E-state index in [1.165, 1.54) is 6.92 Å². The summed E-state index contributed by atoms with van der Waals surface area (Å²) in [5.74, 6) is -1.04. The molecular weight excluding hydrogens is 303 g/mol. The van der Waals surface area contributed by atoms with E-state index in [2.05, 4.69) is 4.72 Å². The highest BCUT2D eigenvalue weighted by Crippen LogP contribution is 2.24. The number of hydrogen-bond acceptors (Lipinski definition) is 5. The van der Waals surface area contributed by atoms with Crippen LogP contribution in [0, 0.1) is 22.9 Å². The molecule has 1 N–H and O–H groups in total. The van der Waals surface area contributed by atoms with Crippen LogP contribution in [0.25, 0.3) is 0 Å². The topological polar surface area (TPSA) is 98.5 Å². The van der Waals surface area contributed by atoms with E-state index in [9.17, 15) is 22.9 Å². The molecule has 7 nitrogen and oxygen atoms in total. The van der Waals surface area contributed by atoms with Gasteiger partial charge in [-0.3, -0.25) is 10.1 Å². The minimum atomic E-state index is -3.95. The number of sulfonamides is 1. The predicted molar refractivity (Wildman–Crippen MR) is 74.1 cm³/mol. The number of nitrogens with zero attached hydrogens (tertiary/aromatic N) is 1. The second-order valence-electron chi connectivity index (χ2n) is 4.65. The summed E-state index contributed by atoms with van der Waals surface area (Å²) in [6, 6.07) is 1.75. The summed E-state index contributed by atoms with van der Waals surface area (Å²) in [5, 5.41) is 10.7. The molecule has 0 aromatic heterocycles. The van der Waals surface area contributed by atoms with Crippen LogP contribution in [-0.4, -0.2) is 32.6 Å². The molecule has 0 bridgehead atoms. The largest absolute Gasteiger partial charge is 0.377 e. The van der Waals surface area contributed by atoms with Crippen molar-refractivity contribution in [3.63, 3.8) is 0 Å². The molecule has 118 valence electrons. The van der Waals surface area contributed by atoms with E-state index in [0.29, 0.717) is 6.07 Å². The van der Waals surface area contributed by atoms with Gasteiger partial charge in [0.15, 0.2) is 0 Å². The quantitative estimate of drug-likeness (QED) is 0.469. The van der Waals surface area contributed by atoms with Crippen LogP contribution in [-0.2, 0) is 14.8 Å². The summed E-state index contributed by atoms with van der Waals surface area (Å²) in [7, 11) is -3.95. The van der Waals surface area contributed by atoms with Crippen LogP contribution in [0.4, 0.5) is 10.1 Å². The number of ether oxygens (including phenoxy) is 1. The lowest BCUT2D eigenvalue weighted by Crippen LogP contribution is -2.28. The van der Waals surface area contributed by atoms with Gasteiger partial charge in [0.1, 0.15) is 0 Å². The highest BCUT2D eigenvalue weighted by atomic mass is 32.2. The summed E-state index contributed by atoms with van der Waals surface area (Å²) in [4.78, 5) is 9.41. The van der Waals surface area contributed by atoms with Gasteiger partial charge in [0.2, 0.25) is 15.8 Å². The lowest BCUT2D eigenvalue weighted by molar-refractivity contribution is -0.387. The Balaban J connectivity index is 2.96. The van der Waals surface area contributed by atoms with Gasteiger partial charge in [-0.15, -0.1) is 0 Å². The van der Waals surface area contributed by atoms with Crippen LogP contribution in [0.2, 0.25) is 0 Å². The first-order chi connectivity index (χ1) is 9.65. The number of nitrogens with one attached hydrogen (secondary N) is 1. The fourth-order valence-corrected chi connectivity index (χ4v) is 2.68. The van der Waals surface area contributed by atoms with Gasteiger partial charge in [0, 0.05) is 12.6 Å². The predicted octanol–water partition coefficient (Wildman–Crippen LogP) is 1.75. The Hall–Kier alpha value is -1.58. The standard InChI is InChI=1S/C12H17FN2O5S/c1-8(2)20-5-4-14-21(18,19)10-6-9(3)12(13)11(7-10)15(16)17/h6-8,14H,4-5H2,1-3H3. The van der Waals surface area contributed by atoms with Crippen molar-refractivity contribution >= 4 is 15.7 Å². The average Bonchev–Trinajstić information content (AvgIpc) is 2.37. The first kappa shape index (κ1) is 17.5. The molecular formula is C12H17FN2O5S. The van der Waals surface area contributed by atoms with Crippen LogP contribution < -0.4 is 4.72 Å². The van der Waals surface area contributed by atoms with Crippen LogP contribution in [0.5, 0.6) is 0 Å². The van der Waals surface area contributed by atoms with E-state index in [4.69, 9.17) is 4.74 Å². The normalized spacial score (nSPS) is 11.9. The molecule has 9 heteroatoms. The maximum Gasteiger partial charge on any atom is 0.306 e. The van der Waals surface area contributed by atoms with E-state index in [-0.39, 0.29) is 29.7 Å². The third-order valence-corrected chi connectivity index (χ3v) is 4.00. The Morgan fingerprint density at radius 2 is 2.05 bits per heavy atom. The molecule has 1 rings (SSSR count). The zero-order chi connectivity index (χ0) is 16.2. The summed E-state index contributed by atoms with van der Waals surface area (Å²) in [5.41, 5.74) is -0.975. The Bertz CT molecular complexity index is 631. The summed E-state index contributed by atoms with van der Waals surface area (Å²) < 4.78 is 45.0. The molecule has 0 aliphatic carbocycles. The Morgan fingerprint density at radius 3 is 2.57 bits per heavy atom. The lowest BCUT2D eigenvalue weighted by Gasteiger charge is -2.10. The molecule has 0 aliphatic heterocycles. The first-order valence-corrected chi connectivity index (χ1v) is 7.69. The number of halogens is 1. The van der Waals surface area contributed by atoms with E-state index in [1.807, 2.05) is 0 Å². The maximum atomic E-state index is 13.5. The van der Waals surface area contributed by atoms with Crippen LogP contribution in [0.3, 0.4) is 0 Å². The summed E-state index contributed by atoms with van der Waals surface area (Å²) in [6.07, 6.45) is -0.0383. The van der Waals surface area contributed by atoms with Gasteiger partial charge in [-0.2, -0.15) is 4.39 Å². The fraction of sp³-hybridized carbons (Fsp3) is 0.500. The number of nitro benzene ring substituents is 1. The van der Waals surface area contributed by atoms with Gasteiger partial charge < -0.3 is 4.74 Å². The van der Waals surface area contributed by atoms with Crippen molar-refractivity contribution in [2.24, 2.45) is 0 Å². The minimum absolute atomic E-state index is 0.0186. The van der Waals surface area contributed by atoms with Gasteiger partial charge in [-0.25, -0.2) is 13.1 Å². The number of hydrogen-bond donors (Lipinski definition) is 1. The average molecular weight is 320 g/mol. The van der Waals surface area contributed by atoms with Crippen molar-refractivity contribution < 1.29 is 22.5 Å². The Morgan fingerprint density at radius 1 is 1.43 bits per heavy atom. The molecule has 0 fully saturated rings. The third-order valence-electron chi connectivity index (χ3n) is 2.56. The van der Waals surface area contributed by atoms with Crippen LogP contribution >= 0.6 is 0 Å². The molecule has 0 spiro atoms. The highest BCUT2D eigenvalue weighted by molar-refractivity contribution is 7.89. The molecule has 0 aliphatic rings. The highest BCUT2D eigenvalue weighted by Gasteiger charge is 2.23. The molecule has 0 radical (unpaired) electrons. The Labute approximate surface area is 122 Å². The first-order valence-electron chi connectivity index (χ1n) is 6.21. The number of benzene rings is 1. The van der Waals surface area contributed by atoms with Gasteiger partial charge >= 0.3 is 5.69 Å². The van der Waals surface area contributed by atoms with Crippen molar-refractivity contribution in [2.45, 2.75) is 31.8 Å². The molecule has 0 saturated carbocycles. The second kappa shape index (κ2) is 6.92. The smallest absolute Gasteiger partial charge is 0.306 e. The number of rotatable bonds is 7.